The van der Waals surface area contributed by atoms with Crippen molar-refractivity contribution in [3.8, 4) is 0 Å². The molecule has 1 aromatic carbocycles. The van der Waals surface area contributed by atoms with Gasteiger partial charge in [-0.15, -0.1) is 0 Å². The molecule has 2 saturated heterocycles. The molecule has 1 aromatic rings. The maximum absolute atomic E-state index is 13.2. The van der Waals surface area contributed by atoms with E-state index in [0.29, 0.717) is 6.54 Å². The Bertz CT molecular complexity index is 693. The molecule has 5 heteroatoms. The van der Waals surface area contributed by atoms with Crippen LogP contribution in [0.5, 0.6) is 0 Å². The second-order valence-electron chi connectivity index (χ2n) is 9.22. The summed E-state index contributed by atoms with van der Waals surface area (Å²) in [7, 11) is 0. The van der Waals surface area contributed by atoms with Crippen molar-refractivity contribution in [3.63, 3.8) is 0 Å². The maximum Gasteiger partial charge on any atom is 0.253 e. The van der Waals surface area contributed by atoms with Crippen LogP contribution in [0.25, 0.3) is 0 Å². The summed E-state index contributed by atoms with van der Waals surface area (Å²) in [5.41, 5.74) is 0.701. The molecule has 1 atom stereocenters. The molecule has 1 spiro atoms. The number of nitrogens with one attached hydrogen (secondary N) is 1. The summed E-state index contributed by atoms with van der Waals surface area (Å²) >= 11 is 0. The van der Waals surface area contributed by atoms with Gasteiger partial charge < -0.3 is 15.1 Å². The molecule has 29 heavy (non-hydrogen) atoms. The predicted molar refractivity (Wildman–Crippen MR) is 115 cm³/mol. The van der Waals surface area contributed by atoms with Crippen molar-refractivity contribution in [2.24, 2.45) is 11.3 Å². The van der Waals surface area contributed by atoms with Crippen molar-refractivity contribution < 1.29 is 9.59 Å². The number of hydrogen-bond acceptors (Lipinski definition) is 3. The normalized spacial score (nSPS) is 24.1. The zero-order valence-corrected chi connectivity index (χ0v) is 17.6. The number of benzene rings is 1. The van der Waals surface area contributed by atoms with Gasteiger partial charge in [0.1, 0.15) is 0 Å². The van der Waals surface area contributed by atoms with Crippen LogP contribution >= 0.6 is 0 Å². The van der Waals surface area contributed by atoms with Crippen LogP contribution in [0.1, 0.15) is 61.7 Å². The SMILES string of the molecule is O=C(NCCCN1CCCC1)[C@@H]1CN(C(=O)c2ccccc2)CC12CCCCC2. The van der Waals surface area contributed by atoms with Gasteiger partial charge >= 0.3 is 0 Å². The standard InChI is InChI=1S/C24H35N3O2/c28-22(25-14-9-17-26-15-7-8-16-26)21-18-27(19-24(21)12-5-2-6-13-24)23(29)20-10-3-1-4-11-20/h1,3-4,10-11,21H,2,5-9,12-19H2,(H,25,28)/t21-/m0/s1. The summed E-state index contributed by atoms with van der Waals surface area (Å²) < 4.78 is 0. The summed E-state index contributed by atoms with van der Waals surface area (Å²) in [6.07, 6.45) is 9.36. The molecule has 2 amide bonds. The van der Waals surface area contributed by atoms with Crippen LogP contribution in [0, 0.1) is 11.3 Å². The minimum atomic E-state index is -0.0674. The van der Waals surface area contributed by atoms with Crippen LogP contribution in [0.3, 0.4) is 0 Å². The van der Waals surface area contributed by atoms with Crippen molar-refractivity contribution in [2.75, 3.05) is 39.3 Å². The average molecular weight is 398 g/mol. The third kappa shape index (κ3) is 4.66. The lowest BCUT2D eigenvalue weighted by molar-refractivity contribution is -0.128. The van der Waals surface area contributed by atoms with Gasteiger partial charge in [-0.05, 0) is 63.9 Å². The number of carbonyl (C=O) groups excluding carboxylic acids is 2. The topological polar surface area (TPSA) is 52.7 Å². The summed E-state index contributed by atoms with van der Waals surface area (Å²) in [4.78, 5) is 30.6. The smallest absolute Gasteiger partial charge is 0.253 e. The second kappa shape index (κ2) is 9.29. The number of rotatable bonds is 6. The van der Waals surface area contributed by atoms with E-state index in [1.807, 2.05) is 35.2 Å². The van der Waals surface area contributed by atoms with E-state index in [9.17, 15) is 9.59 Å². The molecule has 2 heterocycles. The average Bonchev–Trinajstić information content (AvgIpc) is 3.40. The van der Waals surface area contributed by atoms with Crippen molar-refractivity contribution >= 4 is 11.8 Å². The highest BCUT2D eigenvalue weighted by atomic mass is 16.2. The molecule has 2 aliphatic heterocycles. The zero-order chi connectivity index (χ0) is 20.1. The second-order valence-corrected chi connectivity index (χ2v) is 9.22. The van der Waals surface area contributed by atoms with E-state index in [4.69, 9.17) is 0 Å². The lowest BCUT2D eigenvalue weighted by atomic mass is 9.67. The molecule has 158 valence electrons. The molecule has 1 N–H and O–H groups in total. The Morgan fingerprint density at radius 2 is 1.72 bits per heavy atom. The van der Waals surface area contributed by atoms with Gasteiger partial charge in [0.05, 0.1) is 5.92 Å². The first-order valence-electron chi connectivity index (χ1n) is 11.5. The number of carbonyl (C=O) groups is 2. The predicted octanol–water partition coefficient (Wildman–Crippen LogP) is 3.31. The molecule has 3 aliphatic rings. The van der Waals surface area contributed by atoms with Gasteiger partial charge in [-0.1, -0.05) is 37.5 Å². The highest BCUT2D eigenvalue weighted by Gasteiger charge is 2.51. The van der Waals surface area contributed by atoms with E-state index >= 15 is 0 Å². The Balaban J connectivity index is 1.38. The van der Waals surface area contributed by atoms with Gasteiger partial charge in [0.25, 0.3) is 5.91 Å². The summed E-state index contributed by atoms with van der Waals surface area (Å²) in [6.45, 7) is 5.52. The summed E-state index contributed by atoms with van der Waals surface area (Å²) in [5.74, 6) is 0.166. The Labute approximate surface area is 174 Å². The summed E-state index contributed by atoms with van der Waals surface area (Å²) in [6, 6.07) is 9.50. The van der Waals surface area contributed by atoms with Crippen LogP contribution in [0.4, 0.5) is 0 Å². The Kier molecular flexibility index (Phi) is 6.53. The molecule has 0 radical (unpaired) electrons. The van der Waals surface area contributed by atoms with Crippen molar-refractivity contribution in [2.45, 2.75) is 51.4 Å². The van der Waals surface area contributed by atoms with Crippen LogP contribution in [-0.4, -0.2) is 60.9 Å². The largest absolute Gasteiger partial charge is 0.356 e. The van der Waals surface area contributed by atoms with E-state index < -0.39 is 0 Å². The molecule has 1 saturated carbocycles. The Hall–Kier alpha value is -1.88. The van der Waals surface area contributed by atoms with Crippen LogP contribution in [0.2, 0.25) is 0 Å². The zero-order valence-electron chi connectivity index (χ0n) is 17.6. The first kappa shape index (κ1) is 20.4. The summed E-state index contributed by atoms with van der Waals surface area (Å²) in [5, 5.41) is 3.22. The molecular formula is C24H35N3O2. The highest BCUT2D eigenvalue weighted by molar-refractivity contribution is 5.95. The number of likely N-dealkylation sites (tertiary alicyclic amines) is 2. The first-order chi connectivity index (χ1) is 14.2. The molecular weight excluding hydrogens is 362 g/mol. The minimum absolute atomic E-state index is 0.0261. The van der Waals surface area contributed by atoms with Gasteiger partial charge in [0.15, 0.2) is 0 Å². The molecule has 5 nitrogen and oxygen atoms in total. The fourth-order valence-electron chi connectivity index (χ4n) is 5.65. The quantitative estimate of drug-likeness (QED) is 0.750. The molecule has 1 aliphatic carbocycles. The molecule has 0 aromatic heterocycles. The van der Waals surface area contributed by atoms with E-state index in [1.54, 1.807) is 0 Å². The first-order valence-corrected chi connectivity index (χ1v) is 11.5. The van der Waals surface area contributed by atoms with Gasteiger partial charge in [-0.3, -0.25) is 9.59 Å². The lowest BCUT2D eigenvalue weighted by Crippen LogP contribution is -2.43. The van der Waals surface area contributed by atoms with Crippen molar-refractivity contribution in [1.29, 1.82) is 0 Å². The number of nitrogens with zero attached hydrogens (tertiary/aromatic N) is 2. The molecule has 0 unspecified atom stereocenters. The number of hydrogen-bond donors (Lipinski definition) is 1. The van der Waals surface area contributed by atoms with Gasteiger partial charge in [-0.25, -0.2) is 0 Å². The van der Waals surface area contributed by atoms with Crippen molar-refractivity contribution in [1.82, 2.24) is 15.1 Å². The number of amides is 2. The third-order valence-electron chi connectivity index (χ3n) is 7.27. The van der Waals surface area contributed by atoms with Gasteiger partial charge in [0.2, 0.25) is 5.91 Å². The highest BCUT2D eigenvalue weighted by Crippen LogP contribution is 2.48. The lowest BCUT2D eigenvalue weighted by Gasteiger charge is -2.37. The van der Waals surface area contributed by atoms with Gasteiger partial charge in [0, 0.05) is 30.6 Å². The molecule has 3 fully saturated rings. The third-order valence-corrected chi connectivity index (χ3v) is 7.27. The Morgan fingerprint density at radius 3 is 2.45 bits per heavy atom. The molecule has 0 bridgehead atoms. The van der Waals surface area contributed by atoms with E-state index in [-0.39, 0.29) is 23.1 Å². The Morgan fingerprint density at radius 1 is 1.00 bits per heavy atom. The van der Waals surface area contributed by atoms with E-state index in [0.717, 1.165) is 44.5 Å². The minimum Gasteiger partial charge on any atom is -0.356 e. The van der Waals surface area contributed by atoms with E-state index in [1.165, 1.54) is 45.2 Å². The van der Waals surface area contributed by atoms with Gasteiger partial charge in [-0.2, -0.15) is 0 Å². The fraction of sp³-hybridized carbons (Fsp3) is 0.667. The maximum atomic E-state index is 13.2. The van der Waals surface area contributed by atoms with Crippen molar-refractivity contribution in [3.05, 3.63) is 35.9 Å². The fourth-order valence-corrected chi connectivity index (χ4v) is 5.65. The molecule has 4 rings (SSSR count). The van der Waals surface area contributed by atoms with Crippen LogP contribution in [-0.2, 0) is 4.79 Å². The van der Waals surface area contributed by atoms with Crippen LogP contribution in [0.15, 0.2) is 30.3 Å². The monoisotopic (exact) mass is 397 g/mol. The van der Waals surface area contributed by atoms with E-state index in [2.05, 4.69) is 10.2 Å². The van der Waals surface area contributed by atoms with Crippen LogP contribution < -0.4 is 5.32 Å².